The van der Waals surface area contributed by atoms with Gasteiger partial charge in [-0.1, -0.05) is 18.2 Å². The fourth-order valence-electron chi connectivity index (χ4n) is 5.76. The maximum absolute atomic E-state index is 15.2. The zero-order valence-corrected chi connectivity index (χ0v) is 18.7. The number of morpholine rings is 1. The highest BCUT2D eigenvalue weighted by Gasteiger charge is 2.44. The number of carbonyl (C=O) groups excluding carboxylic acids is 1. The van der Waals surface area contributed by atoms with Gasteiger partial charge in [0.1, 0.15) is 17.2 Å². The second-order valence-electron chi connectivity index (χ2n) is 9.56. The minimum atomic E-state index is -0.637. The number of halogens is 1. The molecule has 2 aliphatic carbocycles. The molecule has 35 heavy (non-hydrogen) atoms. The maximum atomic E-state index is 15.2. The molecule has 174 valence electrons. The number of nitriles is 1. The van der Waals surface area contributed by atoms with Gasteiger partial charge in [0.05, 0.1) is 59.9 Å². The van der Waals surface area contributed by atoms with E-state index in [0.717, 1.165) is 17.5 Å². The number of carbonyl (C=O) groups is 1. The lowest BCUT2D eigenvalue weighted by Gasteiger charge is -2.38. The third-order valence-electron chi connectivity index (χ3n) is 7.60. The van der Waals surface area contributed by atoms with Gasteiger partial charge in [-0.05, 0) is 29.2 Å². The van der Waals surface area contributed by atoms with E-state index in [1.165, 1.54) is 17.7 Å². The third kappa shape index (κ3) is 2.96. The van der Waals surface area contributed by atoms with Gasteiger partial charge in [0.25, 0.3) is 5.91 Å². The van der Waals surface area contributed by atoms with Gasteiger partial charge < -0.3 is 15.4 Å². The lowest BCUT2D eigenvalue weighted by atomic mass is 9.99. The standard InChI is InChI=1S/C26H21FN6O2/c27-19-9-20-21(33-12-30-11-22(33)25(29)31-20)8-18(19)26(34)32-3-4-35-23-7-14-5-13(17-6-15(17)10-28)1-2-16(14)24(23)32/h1-2,5,8-9,11-12,15,17,23-24H,3-4,6-7H2,(H2,29,31)/t15-,17?,23+,24-/m0/s1. The molecule has 0 bridgehead atoms. The number of aromatic nitrogens is 3. The van der Waals surface area contributed by atoms with E-state index in [9.17, 15) is 10.1 Å². The number of fused-ring (bicyclic) bond motifs is 6. The van der Waals surface area contributed by atoms with Crippen molar-refractivity contribution in [2.45, 2.75) is 30.9 Å². The number of nitrogen functional groups attached to an aromatic ring is 1. The molecule has 4 aromatic rings. The molecule has 1 amide bonds. The Bertz CT molecular complexity index is 1590. The van der Waals surface area contributed by atoms with Crippen LogP contribution in [0, 0.1) is 23.1 Å². The van der Waals surface area contributed by atoms with E-state index in [4.69, 9.17) is 10.5 Å². The van der Waals surface area contributed by atoms with Crippen LogP contribution < -0.4 is 5.73 Å². The van der Waals surface area contributed by atoms with Gasteiger partial charge in [0.15, 0.2) is 0 Å². The van der Waals surface area contributed by atoms with E-state index in [2.05, 4.69) is 34.2 Å². The number of hydrogen-bond acceptors (Lipinski definition) is 6. The highest BCUT2D eigenvalue weighted by atomic mass is 19.1. The van der Waals surface area contributed by atoms with Gasteiger partial charge in [-0.3, -0.25) is 9.20 Å². The molecule has 2 aromatic carbocycles. The van der Waals surface area contributed by atoms with Crippen molar-refractivity contribution in [1.29, 1.82) is 5.26 Å². The Hall–Kier alpha value is -4.03. The quantitative estimate of drug-likeness (QED) is 0.483. The first-order valence-electron chi connectivity index (χ1n) is 11.7. The molecule has 1 unspecified atom stereocenters. The lowest BCUT2D eigenvalue weighted by Crippen LogP contribution is -2.46. The summed E-state index contributed by atoms with van der Waals surface area (Å²) in [7, 11) is 0. The minimum absolute atomic E-state index is 0.0142. The molecule has 8 nitrogen and oxygen atoms in total. The van der Waals surface area contributed by atoms with Gasteiger partial charge in [-0.15, -0.1) is 0 Å². The van der Waals surface area contributed by atoms with E-state index in [-0.39, 0.29) is 35.4 Å². The average molecular weight is 468 g/mol. The van der Waals surface area contributed by atoms with Gasteiger partial charge in [-0.25, -0.2) is 14.4 Å². The third-order valence-corrected chi connectivity index (χ3v) is 7.60. The lowest BCUT2D eigenvalue weighted by molar-refractivity contribution is -0.0517. The number of ether oxygens (including phenoxy) is 1. The van der Waals surface area contributed by atoms with Crippen LogP contribution in [0.25, 0.3) is 16.6 Å². The number of benzene rings is 2. The molecule has 1 aliphatic heterocycles. The second kappa shape index (κ2) is 7.23. The Morgan fingerprint density at radius 2 is 2.14 bits per heavy atom. The van der Waals surface area contributed by atoms with Crippen LogP contribution in [0.2, 0.25) is 0 Å². The first-order valence-corrected chi connectivity index (χ1v) is 11.7. The highest BCUT2D eigenvalue weighted by molar-refractivity contribution is 5.99. The Morgan fingerprint density at radius 3 is 2.97 bits per heavy atom. The zero-order valence-electron chi connectivity index (χ0n) is 18.7. The number of nitrogens with zero attached hydrogens (tertiary/aromatic N) is 5. The van der Waals surface area contributed by atoms with E-state index >= 15 is 4.39 Å². The van der Waals surface area contributed by atoms with Crippen LogP contribution in [-0.2, 0) is 11.2 Å². The average Bonchev–Trinajstić information content (AvgIpc) is 3.30. The number of imidazole rings is 1. The van der Waals surface area contributed by atoms with Crippen molar-refractivity contribution >= 4 is 28.3 Å². The Labute approximate surface area is 199 Å². The fourth-order valence-corrected chi connectivity index (χ4v) is 5.76. The first kappa shape index (κ1) is 20.4. The molecule has 7 rings (SSSR count). The summed E-state index contributed by atoms with van der Waals surface area (Å²) >= 11 is 0. The van der Waals surface area contributed by atoms with Crippen LogP contribution in [-0.4, -0.2) is 44.4 Å². The molecule has 2 aromatic heterocycles. The smallest absolute Gasteiger partial charge is 0.257 e. The number of nitrogens with two attached hydrogens (primary N) is 1. The van der Waals surface area contributed by atoms with Gasteiger partial charge in [0, 0.05) is 24.9 Å². The van der Waals surface area contributed by atoms with Gasteiger partial charge in [0.2, 0.25) is 0 Å². The van der Waals surface area contributed by atoms with E-state index in [1.807, 2.05) is 0 Å². The molecule has 1 saturated heterocycles. The summed E-state index contributed by atoms with van der Waals surface area (Å²) in [6, 6.07) is 11.1. The monoisotopic (exact) mass is 468 g/mol. The molecular weight excluding hydrogens is 447 g/mol. The molecule has 0 radical (unpaired) electrons. The van der Waals surface area contributed by atoms with Crippen molar-refractivity contribution in [3.05, 3.63) is 70.9 Å². The summed E-state index contributed by atoms with van der Waals surface area (Å²) in [5.41, 5.74) is 10.8. The SMILES string of the molecule is N#C[C@@H]1CC1c1ccc2c(c1)C[C@H]1OCCN(C(=O)c3cc4c(cc3F)nc(N)c3cncn34)[C@@H]21. The van der Waals surface area contributed by atoms with E-state index in [1.54, 1.807) is 21.8 Å². The summed E-state index contributed by atoms with van der Waals surface area (Å²) < 4.78 is 23.0. The Balaban J connectivity index is 1.28. The molecule has 2 N–H and O–H groups in total. The number of anilines is 1. The van der Waals surface area contributed by atoms with Crippen LogP contribution in [0.5, 0.6) is 0 Å². The van der Waals surface area contributed by atoms with Crippen molar-refractivity contribution in [1.82, 2.24) is 19.3 Å². The largest absolute Gasteiger partial charge is 0.382 e. The number of amides is 1. The van der Waals surface area contributed by atoms with Gasteiger partial charge >= 0.3 is 0 Å². The molecule has 3 aliphatic rings. The van der Waals surface area contributed by atoms with Gasteiger partial charge in [-0.2, -0.15) is 5.26 Å². The van der Waals surface area contributed by atoms with Crippen LogP contribution in [0.3, 0.4) is 0 Å². The van der Waals surface area contributed by atoms with E-state index < -0.39 is 5.82 Å². The number of hydrogen-bond donors (Lipinski definition) is 1. The van der Waals surface area contributed by atoms with Crippen LogP contribution in [0.4, 0.5) is 10.2 Å². The molecule has 2 fully saturated rings. The zero-order chi connectivity index (χ0) is 23.8. The summed E-state index contributed by atoms with van der Waals surface area (Å²) in [5.74, 6) is -0.383. The molecule has 4 atom stereocenters. The summed E-state index contributed by atoms with van der Waals surface area (Å²) in [6.07, 6.45) is 4.59. The second-order valence-corrected chi connectivity index (χ2v) is 9.56. The normalized spacial score (nSPS) is 24.9. The van der Waals surface area contributed by atoms with Crippen molar-refractivity contribution in [2.75, 3.05) is 18.9 Å². The van der Waals surface area contributed by atoms with Crippen LogP contribution in [0.15, 0.2) is 42.9 Å². The maximum Gasteiger partial charge on any atom is 0.257 e. The van der Waals surface area contributed by atoms with Crippen molar-refractivity contribution in [3.8, 4) is 6.07 Å². The Kier molecular flexibility index (Phi) is 4.21. The summed E-state index contributed by atoms with van der Waals surface area (Å²) in [5, 5.41) is 9.19. The van der Waals surface area contributed by atoms with Crippen molar-refractivity contribution in [3.63, 3.8) is 0 Å². The van der Waals surface area contributed by atoms with E-state index in [0.29, 0.717) is 42.0 Å². The van der Waals surface area contributed by atoms with Crippen molar-refractivity contribution in [2.24, 2.45) is 5.92 Å². The van der Waals surface area contributed by atoms with Crippen LogP contribution in [0.1, 0.15) is 45.4 Å². The molecule has 0 spiro atoms. The Morgan fingerprint density at radius 1 is 1.26 bits per heavy atom. The fraction of sp³-hybridized carbons (Fsp3) is 0.308. The molecule has 9 heteroatoms. The topological polar surface area (TPSA) is 110 Å². The summed E-state index contributed by atoms with van der Waals surface area (Å²) in [6.45, 7) is 0.768. The highest BCUT2D eigenvalue weighted by Crippen LogP contribution is 2.49. The van der Waals surface area contributed by atoms with Crippen LogP contribution >= 0.6 is 0 Å². The predicted octanol–water partition coefficient (Wildman–Crippen LogP) is 3.37. The molecule has 3 heterocycles. The summed E-state index contributed by atoms with van der Waals surface area (Å²) in [4.78, 5) is 23.9. The minimum Gasteiger partial charge on any atom is -0.382 e. The van der Waals surface area contributed by atoms with Crippen molar-refractivity contribution < 1.29 is 13.9 Å². The first-order chi connectivity index (χ1) is 17.0. The molecule has 1 saturated carbocycles. The molecular formula is C26H21FN6O2. The number of rotatable bonds is 2. The predicted molar refractivity (Wildman–Crippen MR) is 125 cm³/mol.